The van der Waals surface area contributed by atoms with Crippen LogP contribution in [-0.2, 0) is 4.79 Å². The van der Waals surface area contributed by atoms with E-state index in [9.17, 15) is 9.59 Å². The lowest BCUT2D eigenvalue weighted by Crippen LogP contribution is -2.40. The summed E-state index contributed by atoms with van der Waals surface area (Å²) in [4.78, 5) is 21.7. The van der Waals surface area contributed by atoms with Crippen molar-refractivity contribution in [1.29, 1.82) is 0 Å². The molecule has 14 heavy (non-hydrogen) atoms. The smallest absolute Gasteiger partial charge is 0.315 e. The molecule has 1 aliphatic rings. The summed E-state index contributed by atoms with van der Waals surface area (Å²) >= 11 is 1.93. The molecule has 1 unspecified atom stereocenters. The zero-order chi connectivity index (χ0) is 10.4. The number of nitrogens with one attached hydrogen (secondary N) is 2. The predicted molar refractivity (Wildman–Crippen MR) is 57.5 cm³/mol. The third kappa shape index (κ3) is 4.50. The quantitative estimate of drug-likeness (QED) is 0.724. The molecular weight excluding hydrogens is 200 g/mol. The second-order valence-electron chi connectivity index (χ2n) is 3.50. The summed E-state index contributed by atoms with van der Waals surface area (Å²) in [6, 6.07) is -0.239. The SMILES string of the molecule is CC(=O)CNC(=O)NCC1CCSC1. The molecule has 0 radical (unpaired) electrons. The summed E-state index contributed by atoms with van der Waals surface area (Å²) in [5.74, 6) is 2.90. The molecule has 0 saturated carbocycles. The van der Waals surface area contributed by atoms with Crippen molar-refractivity contribution in [1.82, 2.24) is 10.6 Å². The van der Waals surface area contributed by atoms with Gasteiger partial charge in [-0.2, -0.15) is 11.8 Å². The van der Waals surface area contributed by atoms with Crippen LogP contribution in [0.15, 0.2) is 0 Å². The Kier molecular flexibility index (Phi) is 4.79. The van der Waals surface area contributed by atoms with Crippen LogP contribution in [0.5, 0.6) is 0 Å². The Morgan fingerprint density at radius 1 is 1.43 bits per heavy atom. The van der Waals surface area contributed by atoms with Crippen LogP contribution in [-0.4, -0.2) is 36.4 Å². The van der Waals surface area contributed by atoms with Crippen LogP contribution in [0.4, 0.5) is 4.79 Å². The number of carbonyl (C=O) groups is 2. The highest BCUT2D eigenvalue weighted by Crippen LogP contribution is 2.22. The molecule has 1 saturated heterocycles. The monoisotopic (exact) mass is 216 g/mol. The van der Waals surface area contributed by atoms with Gasteiger partial charge >= 0.3 is 6.03 Å². The maximum Gasteiger partial charge on any atom is 0.315 e. The average Bonchev–Trinajstić information content (AvgIpc) is 2.63. The van der Waals surface area contributed by atoms with Crippen molar-refractivity contribution in [3.05, 3.63) is 0 Å². The van der Waals surface area contributed by atoms with Gasteiger partial charge in [-0.15, -0.1) is 0 Å². The molecule has 1 heterocycles. The van der Waals surface area contributed by atoms with Gasteiger partial charge in [-0.3, -0.25) is 4.79 Å². The number of thioether (sulfide) groups is 1. The summed E-state index contributed by atoms with van der Waals surface area (Å²) in [6.07, 6.45) is 1.18. The van der Waals surface area contributed by atoms with Gasteiger partial charge in [0.1, 0.15) is 5.78 Å². The largest absolute Gasteiger partial charge is 0.338 e. The van der Waals surface area contributed by atoms with E-state index < -0.39 is 0 Å². The molecule has 1 fully saturated rings. The van der Waals surface area contributed by atoms with Gasteiger partial charge in [-0.1, -0.05) is 0 Å². The topological polar surface area (TPSA) is 58.2 Å². The van der Waals surface area contributed by atoms with E-state index >= 15 is 0 Å². The minimum Gasteiger partial charge on any atom is -0.338 e. The number of urea groups is 1. The summed E-state index contributed by atoms with van der Waals surface area (Å²) in [7, 11) is 0. The van der Waals surface area contributed by atoms with Crippen molar-refractivity contribution in [2.24, 2.45) is 5.92 Å². The first-order chi connectivity index (χ1) is 6.68. The van der Waals surface area contributed by atoms with Crippen LogP contribution >= 0.6 is 11.8 Å². The van der Waals surface area contributed by atoms with Crippen LogP contribution < -0.4 is 10.6 Å². The maximum absolute atomic E-state index is 11.1. The van der Waals surface area contributed by atoms with Gasteiger partial charge in [0, 0.05) is 6.54 Å². The number of hydrogen-bond donors (Lipinski definition) is 2. The van der Waals surface area contributed by atoms with E-state index in [1.807, 2.05) is 11.8 Å². The van der Waals surface area contributed by atoms with Crippen molar-refractivity contribution in [3.8, 4) is 0 Å². The summed E-state index contributed by atoms with van der Waals surface area (Å²) < 4.78 is 0. The fourth-order valence-electron chi connectivity index (χ4n) is 1.25. The third-order valence-electron chi connectivity index (χ3n) is 2.07. The number of carbonyl (C=O) groups excluding carboxylic acids is 2. The molecule has 1 atom stereocenters. The maximum atomic E-state index is 11.1. The highest BCUT2D eigenvalue weighted by molar-refractivity contribution is 7.99. The minimum atomic E-state index is -0.239. The van der Waals surface area contributed by atoms with Gasteiger partial charge in [-0.05, 0) is 30.8 Å². The second kappa shape index (κ2) is 5.90. The lowest BCUT2D eigenvalue weighted by atomic mass is 10.1. The molecule has 5 heteroatoms. The van der Waals surface area contributed by atoms with Crippen molar-refractivity contribution in [2.45, 2.75) is 13.3 Å². The summed E-state index contributed by atoms with van der Waals surface area (Å²) in [5, 5.41) is 5.26. The molecule has 1 aliphatic heterocycles. The Hall–Kier alpha value is -0.710. The zero-order valence-corrected chi connectivity index (χ0v) is 9.15. The highest BCUT2D eigenvalue weighted by Gasteiger charge is 2.15. The first-order valence-corrected chi connectivity index (χ1v) is 5.93. The number of amides is 2. The molecule has 4 nitrogen and oxygen atoms in total. The number of Topliss-reactive ketones (excluding diaryl/α,β-unsaturated/α-hetero) is 1. The van der Waals surface area contributed by atoms with E-state index in [2.05, 4.69) is 10.6 Å². The normalized spacial score (nSPS) is 20.5. The van der Waals surface area contributed by atoms with E-state index in [-0.39, 0.29) is 18.4 Å². The molecular formula is C9H16N2O2S. The van der Waals surface area contributed by atoms with Gasteiger partial charge in [0.25, 0.3) is 0 Å². The van der Waals surface area contributed by atoms with Crippen molar-refractivity contribution < 1.29 is 9.59 Å². The van der Waals surface area contributed by atoms with Crippen LogP contribution in [0.1, 0.15) is 13.3 Å². The Balaban J connectivity index is 2.05. The Morgan fingerprint density at radius 3 is 2.79 bits per heavy atom. The molecule has 0 spiro atoms. The van der Waals surface area contributed by atoms with Crippen LogP contribution in [0.2, 0.25) is 0 Å². The molecule has 1 rings (SSSR count). The lowest BCUT2D eigenvalue weighted by molar-refractivity contribution is -0.116. The summed E-state index contributed by atoms with van der Waals surface area (Å²) in [5.41, 5.74) is 0. The third-order valence-corrected chi connectivity index (χ3v) is 3.30. The van der Waals surface area contributed by atoms with E-state index in [1.54, 1.807) is 0 Å². The fraction of sp³-hybridized carbons (Fsp3) is 0.778. The van der Waals surface area contributed by atoms with Crippen LogP contribution in [0.25, 0.3) is 0 Å². The Labute approximate surface area is 88.2 Å². The van der Waals surface area contributed by atoms with Gasteiger partial charge in [0.15, 0.2) is 0 Å². The van der Waals surface area contributed by atoms with Gasteiger partial charge < -0.3 is 10.6 Å². The van der Waals surface area contributed by atoms with E-state index in [0.717, 1.165) is 12.3 Å². The number of hydrogen-bond acceptors (Lipinski definition) is 3. The molecule has 0 bridgehead atoms. The summed E-state index contributed by atoms with van der Waals surface area (Å²) in [6.45, 7) is 2.29. The van der Waals surface area contributed by atoms with Crippen molar-refractivity contribution >= 4 is 23.6 Å². The molecule has 0 aromatic carbocycles. The molecule has 0 aliphatic carbocycles. The molecule has 2 amide bonds. The van der Waals surface area contributed by atoms with Crippen molar-refractivity contribution in [2.75, 3.05) is 24.6 Å². The molecule has 2 N–H and O–H groups in total. The first kappa shape index (κ1) is 11.4. The van der Waals surface area contributed by atoms with Crippen molar-refractivity contribution in [3.63, 3.8) is 0 Å². The predicted octanol–water partition coefficient (Wildman–Crippen LogP) is 0.628. The molecule has 80 valence electrons. The van der Waals surface area contributed by atoms with Crippen LogP contribution in [0.3, 0.4) is 0 Å². The van der Waals surface area contributed by atoms with Crippen LogP contribution in [0, 0.1) is 5.92 Å². The lowest BCUT2D eigenvalue weighted by Gasteiger charge is -2.10. The second-order valence-corrected chi connectivity index (χ2v) is 4.65. The molecule has 0 aromatic rings. The van der Waals surface area contributed by atoms with Gasteiger partial charge in [0.2, 0.25) is 0 Å². The Morgan fingerprint density at radius 2 is 2.21 bits per heavy atom. The fourth-order valence-corrected chi connectivity index (χ4v) is 2.53. The number of ketones is 1. The standard InChI is InChI=1S/C9H16N2O2S/c1-7(12)4-10-9(13)11-5-8-2-3-14-6-8/h8H,2-6H2,1H3,(H2,10,11,13). The Bertz CT molecular complexity index is 215. The van der Waals surface area contributed by atoms with E-state index in [4.69, 9.17) is 0 Å². The highest BCUT2D eigenvalue weighted by atomic mass is 32.2. The minimum absolute atomic E-state index is 0.0310. The first-order valence-electron chi connectivity index (χ1n) is 4.77. The molecule has 0 aromatic heterocycles. The zero-order valence-electron chi connectivity index (χ0n) is 8.34. The van der Waals surface area contributed by atoms with E-state index in [1.165, 1.54) is 19.1 Å². The average molecular weight is 216 g/mol. The van der Waals surface area contributed by atoms with Gasteiger partial charge in [-0.25, -0.2) is 4.79 Å². The number of rotatable bonds is 4. The van der Waals surface area contributed by atoms with E-state index in [0.29, 0.717) is 5.92 Å². The van der Waals surface area contributed by atoms with Gasteiger partial charge in [0.05, 0.1) is 6.54 Å².